The third-order valence-corrected chi connectivity index (χ3v) is 2.83. The predicted octanol–water partition coefficient (Wildman–Crippen LogP) is 0.599. The molecule has 0 aliphatic carbocycles. The molecule has 0 unspecified atom stereocenters. The maximum Gasteiger partial charge on any atom is 0.341 e. The Morgan fingerprint density at radius 3 is 3.19 bits per heavy atom. The van der Waals surface area contributed by atoms with Crippen LogP contribution in [0.4, 0.5) is 0 Å². The van der Waals surface area contributed by atoms with Gasteiger partial charge in [-0.05, 0) is 12.5 Å². The molecule has 1 aliphatic heterocycles. The van der Waals surface area contributed by atoms with Crippen LogP contribution in [0.25, 0.3) is 0 Å². The minimum Gasteiger partial charge on any atom is -0.467 e. The number of carbonyl (C=O) groups is 1. The molecule has 2 heterocycles. The molecule has 0 bridgehead atoms. The number of hydrogen-bond acceptors (Lipinski definition) is 5. The van der Waals surface area contributed by atoms with E-state index in [4.69, 9.17) is 10.2 Å². The number of carbonyl (C=O) groups excluding carboxylic acids is 1. The number of furan rings is 1. The average Bonchev–Trinajstić information content (AvgIpc) is 2.87. The van der Waals surface area contributed by atoms with Gasteiger partial charge < -0.3 is 14.9 Å². The van der Waals surface area contributed by atoms with Crippen LogP contribution in [0.2, 0.25) is 0 Å². The van der Waals surface area contributed by atoms with Crippen LogP contribution in [0.15, 0.2) is 16.7 Å². The lowest BCUT2D eigenvalue weighted by Crippen LogP contribution is -2.26. The molecule has 2 N–H and O–H groups in total. The minimum atomic E-state index is -0.354. The molecular weight excluding hydrogens is 208 g/mol. The summed E-state index contributed by atoms with van der Waals surface area (Å²) in [6, 6.07) is 1.87. The Bertz CT molecular complexity index is 375. The van der Waals surface area contributed by atoms with Crippen molar-refractivity contribution in [3.8, 4) is 0 Å². The van der Waals surface area contributed by atoms with E-state index in [1.165, 1.54) is 13.4 Å². The zero-order valence-electron chi connectivity index (χ0n) is 9.31. The highest BCUT2D eigenvalue weighted by Gasteiger charge is 2.23. The number of ether oxygens (including phenoxy) is 1. The van der Waals surface area contributed by atoms with Crippen LogP contribution in [-0.4, -0.2) is 37.1 Å². The Morgan fingerprint density at radius 1 is 1.75 bits per heavy atom. The molecule has 2 rings (SSSR count). The molecule has 1 aromatic rings. The van der Waals surface area contributed by atoms with E-state index < -0.39 is 0 Å². The van der Waals surface area contributed by atoms with Gasteiger partial charge in [0.1, 0.15) is 11.3 Å². The van der Waals surface area contributed by atoms with Crippen molar-refractivity contribution >= 4 is 5.97 Å². The first kappa shape index (κ1) is 11.2. The second-order valence-corrected chi connectivity index (χ2v) is 4.03. The molecule has 0 radical (unpaired) electrons. The molecule has 1 aliphatic rings. The van der Waals surface area contributed by atoms with Crippen molar-refractivity contribution in [1.82, 2.24) is 4.90 Å². The second-order valence-electron chi connectivity index (χ2n) is 4.03. The number of methoxy groups -OCH3 is 1. The summed E-state index contributed by atoms with van der Waals surface area (Å²) >= 11 is 0. The molecule has 0 amide bonds. The molecular formula is C11H16N2O3. The van der Waals surface area contributed by atoms with Gasteiger partial charge in [-0.25, -0.2) is 4.79 Å². The quantitative estimate of drug-likeness (QED) is 0.761. The topological polar surface area (TPSA) is 68.7 Å². The second kappa shape index (κ2) is 4.67. The zero-order valence-corrected chi connectivity index (χ0v) is 9.31. The summed E-state index contributed by atoms with van der Waals surface area (Å²) in [7, 11) is 1.37. The van der Waals surface area contributed by atoms with Gasteiger partial charge in [0.2, 0.25) is 0 Å². The summed E-state index contributed by atoms with van der Waals surface area (Å²) in [6.45, 7) is 2.41. The first-order valence-electron chi connectivity index (χ1n) is 5.33. The predicted molar refractivity (Wildman–Crippen MR) is 57.9 cm³/mol. The molecule has 1 aromatic heterocycles. The third kappa shape index (κ3) is 2.25. The Labute approximate surface area is 94.1 Å². The first-order valence-corrected chi connectivity index (χ1v) is 5.33. The number of likely N-dealkylation sites (tertiary alicyclic amines) is 1. The molecule has 0 saturated carbocycles. The van der Waals surface area contributed by atoms with Crippen molar-refractivity contribution in [2.45, 2.75) is 19.0 Å². The van der Waals surface area contributed by atoms with E-state index in [-0.39, 0.29) is 12.0 Å². The van der Waals surface area contributed by atoms with Crippen LogP contribution < -0.4 is 5.73 Å². The normalized spacial score (nSPS) is 21.2. The highest BCUT2D eigenvalue weighted by atomic mass is 16.5. The van der Waals surface area contributed by atoms with E-state index in [0.717, 1.165) is 19.5 Å². The number of nitrogens with two attached hydrogens (primary N) is 1. The lowest BCUT2D eigenvalue weighted by Gasteiger charge is -2.13. The van der Waals surface area contributed by atoms with Crippen LogP contribution in [0.5, 0.6) is 0 Å². The Morgan fingerprint density at radius 2 is 2.56 bits per heavy atom. The van der Waals surface area contributed by atoms with Gasteiger partial charge in [0.15, 0.2) is 0 Å². The summed E-state index contributed by atoms with van der Waals surface area (Å²) in [4.78, 5) is 13.6. The van der Waals surface area contributed by atoms with Crippen LogP contribution in [-0.2, 0) is 11.3 Å². The maximum atomic E-state index is 11.4. The SMILES string of the molecule is COC(=O)c1ccoc1CN1CC[C@@H](N)C1. The Kier molecular flexibility index (Phi) is 3.26. The molecule has 1 saturated heterocycles. The van der Waals surface area contributed by atoms with Crippen molar-refractivity contribution in [1.29, 1.82) is 0 Å². The maximum absolute atomic E-state index is 11.4. The largest absolute Gasteiger partial charge is 0.467 e. The van der Waals surface area contributed by atoms with Gasteiger partial charge in [-0.3, -0.25) is 4.90 Å². The van der Waals surface area contributed by atoms with Gasteiger partial charge >= 0.3 is 5.97 Å². The standard InChI is InChI=1S/C11H16N2O3/c1-15-11(14)9-3-5-16-10(9)7-13-4-2-8(12)6-13/h3,5,8H,2,4,6-7,12H2,1H3/t8-/m1/s1. The summed E-state index contributed by atoms with van der Waals surface area (Å²) in [5.41, 5.74) is 6.32. The Balaban J connectivity index is 2.04. The number of nitrogens with zero attached hydrogens (tertiary/aromatic N) is 1. The highest BCUT2D eigenvalue weighted by molar-refractivity contribution is 5.90. The van der Waals surface area contributed by atoms with Crippen molar-refractivity contribution in [2.75, 3.05) is 20.2 Å². The smallest absolute Gasteiger partial charge is 0.341 e. The van der Waals surface area contributed by atoms with Gasteiger partial charge in [-0.1, -0.05) is 0 Å². The van der Waals surface area contributed by atoms with Gasteiger partial charge in [-0.15, -0.1) is 0 Å². The molecule has 5 nitrogen and oxygen atoms in total. The summed E-state index contributed by atoms with van der Waals surface area (Å²) < 4.78 is 9.98. The number of esters is 1. The molecule has 1 fully saturated rings. The fourth-order valence-corrected chi connectivity index (χ4v) is 1.96. The monoisotopic (exact) mass is 224 g/mol. The minimum absolute atomic E-state index is 0.233. The van der Waals surface area contributed by atoms with Crippen LogP contribution in [0, 0.1) is 0 Å². The van der Waals surface area contributed by atoms with Gasteiger partial charge in [-0.2, -0.15) is 0 Å². The Hall–Kier alpha value is -1.33. The van der Waals surface area contributed by atoms with Crippen molar-refractivity contribution in [3.63, 3.8) is 0 Å². The van der Waals surface area contributed by atoms with Gasteiger partial charge in [0.25, 0.3) is 0 Å². The lowest BCUT2D eigenvalue weighted by molar-refractivity contribution is 0.0596. The summed E-state index contributed by atoms with van der Waals surface area (Å²) in [5, 5.41) is 0. The van der Waals surface area contributed by atoms with E-state index in [1.807, 2.05) is 0 Å². The van der Waals surface area contributed by atoms with Crippen molar-refractivity contribution < 1.29 is 13.9 Å². The number of rotatable bonds is 3. The highest BCUT2D eigenvalue weighted by Crippen LogP contribution is 2.17. The van der Waals surface area contributed by atoms with E-state index in [9.17, 15) is 4.79 Å². The van der Waals surface area contributed by atoms with Crippen molar-refractivity contribution in [3.05, 3.63) is 23.7 Å². The van der Waals surface area contributed by atoms with Crippen LogP contribution >= 0.6 is 0 Å². The van der Waals surface area contributed by atoms with E-state index in [1.54, 1.807) is 6.07 Å². The van der Waals surface area contributed by atoms with Crippen LogP contribution in [0.1, 0.15) is 22.5 Å². The molecule has 5 heteroatoms. The van der Waals surface area contributed by atoms with E-state index in [2.05, 4.69) is 9.64 Å². The third-order valence-electron chi connectivity index (χ3n) is 2.83. The zero-order chi connectivity index (χ0) is 11.5. The molecule has 16 heavy (non-hydrogen) atoms. The van der Waals surface area contributed by atoms with E-state index in [0.29, 0.717) is 17.9 Å². The number of hydrogen-bond donors (Lipinski definition) is 1. The van der Waals surface area contributed by atoms with E-state index >= 15 is 0 Å². The molecule has 88 valence electrons. The fourth-order valence-electron chi connectivity index (χ4n) is 1.96. The van der Waals surface area contributed by atoms with Gasteiger partial charge in [0.05, 0.1) is 19.9 Å². The fraction of sp³-hybridized carbons (Fsp3) is 0.545. The molecule has 0 spiro atoms. The molecule has 0 aromatic carbocycles. The first-order chi connectivity index (χ1) is 7.70. The van der Waals surface area contributed by atoms with Gasteiger partial charge in [0, 0.05) is 19.1 Å². The summed E-state index contributed by atoms with van der Waals surface area (Å²) in [6.07, 6.45) is 2.51. The van der Waals surface area contributed by atoms with Crippen molar-refractivity contribution in [2.24, 2.45) is 5.73 Å². The average molecular weight is 224 g/mol. The molecule has 1 atom stereocenters. The summed E-state index contributed by atoms with van der Waals surface area (Å²) in [5.74, 6) is 0.299. The lowest BCUT2D eigenvalue weighted by atomic mass is 10.2. The van der Waals surface area contributed by atoms with Crippen LogP contribution in [0.3, 0.4) is 0 Å².